The molecule has 0 aromatic heterocycles. The summed E-state index contributed by atoms with van der Waals surface area (Å²) < 4.78 is 42.0. The van der Waals surface area contributed by atoms with Crippen molar-refractivity contribution in [3.05, 3.63) is 95.8 Å². The van der Waals surface area contributed by atoms with Crippen molar-refractivity contribution in [1.82, 2.24) is 10.2 Å². The number of nitrogens with zero attached hydrogens (tertiary/aromatic N) is 2. The molecule has 0 aliphatic carbocycles. The van der Waals surface area contributed by atoms with Crippen molar-refractivity contribution in [1.29, 1.82) is 0 Å². The average Bonchev–Trinajstić information content (AvgIpc) is 2.91. The molecule has 0 heterocycles. The predicted molar refractivity (Wildman–Crippen MR) is 151 cm³/mol. The number of para-hydroxylation sites is 1. The number of amides is 2. The van der Waals surface area contributed by atoms with Gasteiger partial charge in [-0.3, -0.25) is 13.9 Å². The summed E-state index contributed by atoms with van der Waals surface area (Å²) in [5.74, 6) is -1.17. The molecule has 3 aromatic rings. The molecule has 39 heavy (non-hydrogen) atoms. The van der Waals surface area contributed by atoms with Crippen LogP contribution < -0.4 is 9.62 Å². The van der Waals surface area contributed by atoms with Crippen molar-refractivity contribution in [2.45, 2.75) is 51.6 Å². The number of carbonyl (C=O) groups is 2. The Kier molecular flexibility index (Phi) is 10.2. The SMILES string of the molecule is CC[C@H](C(=O)NCC(C)C)N(Cc1cccc(C)c1)C(=O)CN(c1ccccc1)S(=O)(=O)c1ccc(F)cc1. The summed E-state index contributed by atoms with van der Waals surface area (Å²) in [7, 11) is -4.23. The Hall–Kier alpha value is -3.72. The first kappa shape index (κ1) is 29.8. The van der Waals surface area contributed by atoms with Gasteiger partial charge >= 0.3 is 0 Å². The van der Waals surface area contributed by atoms with Gasteiger partial charge in [-0.15, -0.1) is 0 Å². The van der Waals surface area contributed by atoms with Gasteiger partial charge in [-0.05, 0) is 61.2 Å². The summed E-state index contributed by atoms with van der Waals surface area (Å²) >= 11 is 0. The lowest BCUT2D eigenvalue weighted by Crippen LogP contribution is -2.52. The maximum atomic E-state index is 14.0. The monoisotopic (exact) mass is 553 g/mol. The minimum Gasteiger partial charge on any atom is -0.354 e. The van der Waals surface area contributed by atoms with Crippen molar-refractivity contribution in [2.24, 2.45) is 5.92 Å². The average molecular weight is 554 g/mol. The van der Waals surface area contributed by atoms with Crippen LogP contribution in [-0.4, -0.2) is 44.3 Å². The number of benzene rings is 3. The molecule has 3 aromatic carbocycles. The molecule has 1 atom stereocenters. The Labute approximate surface area is 230 Å². The van der Waals surface area contributed by atoms with Gasteiger partial charge in [-0.2, -0.15) is 0 Å². The van der Waals surface area contributed by atoms with Crippen molar-refractivity contribution < 1.29 is 22.4 Å². The molecule has 0 spiro atoms. The van der Waals surface area contributed by atoms with Crippen LogP contribution in [0.15, 0.2) is 83.8 Å². The van der Waals surface area contributed by atoms with E-state index >= 15 is 0 Å². The number of nitrogens with one attached hydrogen (secondary N) is 1. The van der Waals surface area contributed by atoms with E-state index in [0.717, 1.165) is 27.6 Å². The van der Waals surface area contributed by atoms with Gasteiger partial charge in [0.1, 0.15) is 18.4 Å². The molecule has 7 nitrogen and oxygen atoms in total. The summed E-state index contributed by atoms with van der Waals surface area (Å²) in [5.41, 5.74) is 2.11. The van der Waals surface area contributed by atoms with E-state index in [1.54, 1.807) is 30.3 Å². The fraction of sp³-hybridized carbons (Fsp3) is 0.333. The fourth-order valence-corrected chi connectivity index (χ4v) is 5.62. The van der Waals surface area contributed by atoms with Crippen LogP contribution in [0.5, 0.6) is 0 Å². The topological polar surface area (TPSA) is 86.8 Å². The first-order chi connectivity index (χ1) is 18.5. The Morgan fingerprint density at radius 2 is 1.62 bits per heavy atom. The summed E-state index contributed by atoms with van der Waals surface area (Å²) in [6.45, 7) is 7.77. The molecule has 0 aliphatic heterocycles. The van der Waals surface area contributed by atoms with E-state index in [4.69, 9.17) is 0 Å². The van der Waals surface area contributed by atoms with E-state index in [0.29, 0.717) is 13.0 Å². The molecule has 0 unspecified atom stereocenters. The smallest absolute Gasteiger partial charge is 0.264 e. The van der Waals surface area contributed by atoms with Gasteiger partial charge in [0.2, 0.25) is 11.8 Å². The van der Waals surface area contributed by atoms with Crippen LogP contribution in [0, 0.1) is 18.7 Å². The molecule has 0 saturated carbocycles. The summed E-state index contributed by atoms with van der Waals surface area (Å²) in [4.78, 5) is 28.5. The van der Waals surface area contributed by atoms with Gasteiger partial charge in [-0.1, -0.05) is 68.8 Å². The Morgan fingerprint density at radius 1 is 0.949 bits per heavy atom. The molecule has 9 heteroatoms. The third-order valence-corrected chi connectivity index (χ3v) is 8.02. The molecule has 0 aliphatic rings. The Bertz CT molecular complexity index is 1360. The minimum absolute atomic E-state index is 0.132. The number of anilines is 1. The number of sulfonamides is 1. The zero-order chi connectivity index (χ0) is 28.6. The van der Waals surface area contributed by atoms with Crippen molar-refractivity contribution in [3.63, 3.8) is 0 Å². The second-order valence-corrected chi connectivity index (χ2v) is 11.7. The maximum Gasteiger partial charge on any atom is 0.264 e. The summed E-state index contributed by atoms with van der Waals surface area (Å²) in [5, 5.41) is 2.91. The highest BCUT2D eigenvalue weighted by atomic mass is 32.2. The Morgan fingerprint density at radius 3 is 2.21 bits per heavy atom. The number of hydrogen-bond acceptors (Lipinski definition) is 4. The van der Waals surface area contributed by atoms with Crippen LogP contribution >= 0.6 is 0 Å². The molecule has 0 fully saturated rings. The molecule has 0 bridgehead atoms. The van der Waals surface area contributed by atoms with Crippen LogP contribution in [0.4, 0.5) is 10.1 Å². The highest BCUT2D eigenvalue weighted by molar-refractivity contribution is 7.92. The quantitative estimate of drug-likeness (QED) is 0.345. The van der Waals surface area contributed by atoms with E-state index < -0.39 is 34.3 Å². The van der Waals surface area contributed by atoms with Gasteiger partial charge in [0.25, 0.3) is 10.0 Å². The van der Waals surface area contributed by atoms with E-state index in [1.165, 1.54) is 17.0 Å². The second-order valence-electron chi connectivity index (χ2n) is 9.87. The highest BCUT2D eigenvalue weighted by Gasteiger charge is 2.33. The number of aryl methyl sites for hydroxylation is 1. The first-order valence-corrected chi connectivity index (χ1v) is 14.4. The number of rotatable bonds is 12. The lowest BCUT2D eigenvalue weighted by molar-refractivity contribution is -0.140. The Balaban J connectivity index is 2.02. The predicted octanol–water partition coefficient (Wildman–Crippen LogP) is 4.91. The van der Waals surface area contributed by atoms with Crippen LogP contribution in [-0.2, 0) is 26.2 Å². The van der Waals surface area contributed by atoms with Gasteiger partial charge in [0.05, 0.1) is 10.6 Å². The standard InChI is InChI=1S/C30H36FN3O4S/c1-5-28(30(36)32-19-22(2)3)33(20-24-11-9-10-23(4)18-24)29(35)21-34(26-12-7-6-8-13-26)39(37,38)27-16-14-25(31)15-17-27/h6-18,22,28H,5,19-21H2,1-4H3,(H,32,36)/t28-/m1/s1. The molecule has 0 radical (unpaired) electrons. The fourth-order valence-electron chi connectivity index (χ4n) is 4.21. The van der Waals surface area contributed by atoms with Crippen molar-refractivity contribution in [2.75, 3.05) is 17.4 Å². The minimum atomic E-state index is -4.23. The molecular formula is C30H36FN3O4S. The normalized spacial score (nSPS) is 12.2. The number of halogens is 1. The van der Waals surface area contributed by atoms with E-state index in [2.05, 4.69) is 5.32 Å². The van der Waals surface area contributed by atoms with Crippen LogP contribution in [0.25, 0.3) is 0 Å². The van der Waals surface area contributed by atoms with E-state index in [9.17, 15) is 22.4 Å². The first-order valence-electron chi connectivity index (χ1n) is 13.0. The zero-order valence-electron chi connectivity index (χ0n) is 22.8. The highest BCUT2D eigenvalue weighted by Crippen LogP contribution is 2.25. The lowest BCUT2D eigenvalue weighted by Gasteiger charge is -2.33. The maximum absolute atomic E-state index is 14.0. The number of carbonyl (C=O) groups excluding carboxylic acids is 2. The van der Waals surface area contributed by atoms with Gasteiger partial charge < -0.3 is 10.2 Å². The van der Waals surface area contributed by atoms with Gasteiger partial charge in [-0.25, -0.2) is 12.8 Å². The van der Waals surface area contributed by atoms with E-state index in [-0.39, 0.29) is 29.0 Å². The van der Waals surface area contributed by atoms with Crippen LogP contribution in [0.1, 0.15) is 38.3 Å². The molecule has 0 saturated heterocycles. The molecule has 1 N–H and O–H groups in total. The largest absolute Gasteiger partial charge is 0.354 e. The zero-order valence-corrected chi connectivity index (χ0v) is 23.6. The van der Waals surface area contributed by atoms with Crippen LogP contribution in [0.3, 0.4) is 0 Å². The second kappa shape index (κ2) is 13.4. The van der Waals surface area contributed by atoms with Gasteiger partial charge in [0.15, 0.2) is 0 Å². The number of hydrogen-bond donors (Lipinski definition) is 1. The summed E-state index contributed by atoms with van der Waals surface area (Å²) in [6, 6.07) is 19.6. The third kappa shape index (κ3) is 7.89. The van der Waals surface area contributed by atoms with Crippen molar-refractivity contribution >= 4 is 27.5 Å². The van der Waals surface area contributed by atoms with Crippen LogP contribution in [0.2, 0.25) is 0 Å². The lowest BCUT2D eigenvalue weighted by atomic mass is 10.1. The third-order valence-electron chi connectivity index (χ3n) is 6.23. The molecule has 3 rings (SSSR count). The summed E-state index contributed by atoms with van der Waals surface area (Å²) in [6.07, 6.45) is 0.345. The van der Waals surface area contributed by atoms with Crippen molar-refractivity contribution in [3.8, 4) is 0 Å². The molecule has 2 amide bonds. The molecule has 208 valence electrons. The van der Waals surface area contributed by atoms with E-state index in [1.807, 2.05) is 52.0 Å². The molecular weight excluding hydrogens is 517 g/mol. The van der Waals surface area contributed by atoms with Gasteiger partial charge in [0, 0.05) is 13.1 Å².